The summed E-state index contributed by atoms with van der Waals surface area (Å²) in [5.74, 6) is -3.17. The van der Waals surface area contributed by atoms with Crippen LogP contribution in [0.5, 0.6) is 0 Å². The summed E-state index contributed by atoms with van der Waals surface area (Å²) in [6.45, 7) is 27.5. The summed E-state index contributed by atoms with van der Waals surface area (Å²) < 4.78 is 43.2. The molecule has 0 aromatic rings. The predicted octanol–water partition coefficient (Wildman–Crippen LogP) is 9.06. The minimum atomic E-state index is -0.978. The predicted molar refractivity (Wildman–Crippen MR) is 121 cm³/mol. The van der Waals surface area contributed by atoms with Crippen molar-refractivity contribution in [3.63, 3.8) is 0 Å². The van der Waals surface area contributed by atoms with Gasteiger partial charge in [0.1, 0.15) is 5.83 Å². The maximum Gasteiger partial charge on any atom is 0.162 e. The zero-order valence-corrected chi connectivity index (χ0v) is 18.5. The van der Waals surface area contributed by atoms with Crippen molar-refractivity contribution < 1.29 is 13.2 Å². The van der Waals surface area contributed by atoms with E-state index in [2.05, 4.69) is 32.9 Å². The van der Waals surface area contributed by atoms with Crippen molar-refractivity contribution in [1.82, 2.24) is 0 Å². The number of hydrogen-bond acceptors (Lipinski definition) is 0. The first kappa shape index (κ1) is 26.7. The molecule has 0 N–H and O–H groups in total. The minimum absolute atomic E-state index is 0.0575. The molecule has 0 radical (unpaired) electrons. The highest BCUT2D eigenvalue weighted by atomic mass is 19.2. The van der Waals surface area contributed by atoms with E-state index in [1.54, 1.807) is 32.9 Å². The highest BCUT2D eigenvalue weighted by Gasteiger charge is 2.21. The number of hydrogen-bond donors (Lipinski definition) is 0. The Morgan fingerprint density at radius 3 is 1.62 bits per heavy atom. The lowest BCUT2D eigenvalue weighted by Gasteiger charge is -2.19. The molecular weight excluding hydrogens is 369 g/mol. The Kier molecular flexibility index (Phi) is 11.3. The summed E-state index contributed by atoms with van der Waals surface area (Å²) in [4.78, 5) is 0. The van der Waals surface area contributed by atoms with Crippen LogP contribution >= 0.6 is 0 Å². The molecule has 160 valence electrons. The van der Waals surface area contributed by atoms with Crippen molar-refractivity contribution in [3.8, 4) is 0 Å². The molecule has 0 fully saturated rings. The van der Waals surface area contributed by atoms with Gasteiger partial charge in [0, 0.05) is 5.92 Å². The summed E-state index contributed by atoms with van der Waals surface area (Å²) in [7, 11) is 0. The molecule has 0 heterocycles. The van der Waals surface area contributed by atoms with Crippen LogP contribution in [0.15, 0.2) is 96.5 Å². The van der Waals surface area contributed by atoms with E-state index >= 15 is 0 Å². The van der Waals surface area contributed by atoms with Gasteiger partial charge >= 0.3 is 0 Å². The Morgan fingerprint density at radius 1 is 0.724 bits per heavy atom. The van der Waals surface area contributed by atoms with Gasteiger partial charge in [-0.1, -0.05) is 77.0 Å². The summed E-state index contributed by atoms with van der Waals surface area (Å²) in [6.07, 6.45) is 5.91. The van der Waals surface area contributed by atoms with Crippen LogP contribution < -0.4 is 0 Å². The van der Waals surface area contributed by atoms with Crippen molar-refractivity contribution in [3.05, 3.63) is 96.5 Å². The first-order chi connectivity index (χ1) is 13.3. The Balaban J connectivity index is 5.07. The van der Waals surface area contributed by atoms with E-state index in [-0.39, 0.29) is 28.9 Å². The Labute approximate surface area is 175 Å². The van der Waals surface area contributed by atoms with E-state index in [1.165, 1.54) is 6.08 Å². The van der Waals surface area contributed by atoms with Crippen LogP contribution in [0.2, 0.25) is 0 Å². The van der Waals surface area contributed by atoms with Gasteiger partial charge in [-0.2, -0.15) is 0 Å². The monoisotopic (exact) mass is 404 g/mol. The molecule has 3 unspecified atom stereocenters. The van der Waals surface area contributed by atoms with E-state index in [9.17, 15) is 13.2 Å². The van der Waals surface area contributed by atoms with E-state index < -0.39 is 17.5 Å². The Hall–Kier alpha value is -2.29. The fourth-order valence-corrected chi connectivity index (χ4v) is 2.52. The van der Waals surface area contributed by atoms with Crippen LogP contribution in [0.3, 0.4) is 0 Å². The van der Waals surface area contributed by atoms with Gasteiger partial charge in [0.15, 0.2) is 11.7 Å². The smallest absolute Gasteiger partial charge is 0.162 e. The standard InChI is InChI=1S/C26H35F3/c1-16(2)11-12-19(6)22(9)25(28)26(29)23(10)20(7)14-13-18(5)21(8)24(27)15-17(3)4/h11-12,15,18-20H,1,3,8-10,13-14H2,2,4-7H3/b12-11-,24-15+,26-25-. The molecular formula is C26H35F3. The molecule has 0 aliphatic rings. The highest BCUT2D eigenvalue weighted by molar-refractivity contribution is 5.38. The molecule has 0 amide bonds. The fourth-order valence-electron chi connectivity index (χ4n) is 2.52. The third kappa shape index (κ3) is 9.17. The minimum Gasteiger partial charge on any atom is -0.207 e. The summed E-state index contributed by atoms with van der Waals surface area (Å²) >= 11 is 0. The molecule has 0 nitrogen and oxygen atoms in total. The van der Waals surface area contributed by atoms with Crippen molar-refractivity contribution >= 4 is 0 Å². The van der Waals surface area contributed by atoms with Gasteiger partial charge < -0.3 is 0 Å². The largest absolute Gasteiger partial charge is 0.207 e. The first-order valence-electron chi connectivity index (χ1n) is 9.78. The van der Waals surface area contributed by atoms with E-state index in [0.717, 1.165) is 5.57 Å². The van der Waals surface area contributed by atoms with Gasteiger partial charge in [0.05, 0.1) is 0 Å². The lowest BCUT2D eigenvalue weighted by atomic mass is 9.88. The molecule has 0 aromatic carbocycles. The Morgan fingerprint density at radius 2 is 1.17 bits per heavy atom. The van der Waals surface area contributed by atoms with Gasteiger partial charge in [-0.05, 0) is 61.3 Å². The maximum absolute atomic E-state index is 14.6. The topological polar surface area (TPSA) is 0 Å². The molecule has 0 spiro atoms. The number of rotatable bonds is 12. The van der Waals surface area contributed by atoms with Crippen molar-refractivity contribution in [2.75, 3.05) is 0 Å². The van der Waals surface area contributed by atoms with Gasteiger partial charge in [-0.15, -0.1) is 0 Å². The normalized spacial score (nSPS) is 16.1. The summed E-state index contributed by atoms with van der Waals surface area (Å²) in [6, 6.07) is 0. The maximum atomic E-state index is 14.6. The second kappa shape index (κ2) is 12.3. The Bertz CT molecular complexity index is 759. The van der Waals surface area contributed by atoms with Gasteiger partial charge in [-0.3, -0.25) is 0 Å². The average molecular weight is 405 g/mol. The molecule has 0 saturated heterocycles. The lowest BCUT2D eigenvalue weighted by Crippen LogP contribution is -2.07. The molecule has 0 rings (SSSR count). The molecule has 0 aromatic heterocycles. The van der Waals surface area contributed by atoms with Crippen molar-refractivity contribution in [2.45, 2.75) is 47.5 Å². The highest BCUT2D eigenvalue weighted by Crippen LogP contribution is 2.33. The van der Waals surface area contributed by atoms with Crippen LogP contribution in [-0.2, 0) is 0 Å². The van der Waals surface area contributed by atoms with Crippen LogP contribution in [-0.4, -0.2) is 0 Å². The zero-order valence-electron chi connectivity index (χ0n) is 18.5. The quantitative estimate of drug-likeness (QED) is 0.285. The van der Waals surface area contributed by atoms with E-state index in [4.69, 9.17) is 0 Å². The zero-order chi connectivity index (χ0) is 22.9. The SMILES string of the molecule is C=C(C)/C=C\C(C)C(=C)/C(F)=C(/F)C(=C)C(C)CCC(C)C(=C)/C(F)=C\C(=C)C. The number of allylic oxidation sites excluding steroid dienone is 11. The van der Waals surface area contributed by atoms with Gasteiger partial charge in [0.25, 0.3) is 0 Å². The van der Waals surface area contributed by atoms with E-state index in [1.807, 2.05) is 13.8 Å². The van der Waals surface area contributed by atoms with Gasteiger partial charge in [-0.25, -0.2) is 13.2 Å². The molecule has 3 atom stereocenters. The molecule has 29 heavy (non-hydrogen) atoms. The van der Waals surface area contributed by atoms with Crippen LogP contribution in [0.4, 0.5) is 13.2 Å². The van der Waals surface area contributed by atoms with E-state index in [0.29, 0.717) is 24.0 Å². The molecule has 0 bridgehead atoms. The molecule has 0 aliphatic heterocycles. The average Bonchev–Trinajstić information content (AvgIpc) is 2.66. The third-order valence-electron chi connectivity index (χ3n) is 4.88. The number of halogens is 3. The van der Waals surface area contributed by atoms with Crippen molar-refractivity contribution in [2.24, 2.45) is 17.8 Å². The lowest BCUT2D eigenvalue weighted by molar-refractivity contribution is 0.469. The van der Waals surface area contributed by atoms with Crippen LogP contribution in [0.25, 0.3) is 0 Å². The van der Waals surface area contributed by atoms with Crippen molar-refractivity contribution in [1.29, 1.82) is 0 Å². The molecule has 0 saturated carbocycles. The van der Waals surface area contributed by atoms with Gasteiger partial charge in [0.2, 0.25) is 0 Å². The molecule has 0 aliphatic carbocycles. The van der Waals surface area contributed by atoms with Crippen LogP contribution in [0, 0.1) is 17.8 Å². The summed E-state index contributed by atoms with van der Waals surface area (Å²) in [5, 5.41) is 0. The third-order valence-corrected chi connectivity index (χ3v) is 4.88. The second-order valence-corrected chi connectivity index (χ2v) is 7.92. The second-order valence-electron chi connectivity index (χ2n) is 7.92. The fraction of sp³-hybridized carbons (Fsp3) is 0.385. The van der Waals surface area contributed by atoms with Crippen LogP contribution in [0.1, 0.15) is 47.5 Å². The molecule has 3 heteroatoms. The first-order valence-corrected chi connectivity index (χ1v) is 9.78. The summed E-state index contributed by atoms with van der Waals surface area (Å²) in [5.41, 5.74) is 1.93.